The summed E-state index contributed by atoms with van der Waals surface area (Å²) in [5, 5.41) is 10.1. The van der Waals surface area contributed by atoms with Gasteiger partial charge in [-0.3, -0.25) is 4.79 Å². The molecule has 1 aromatic carbocycles. The average molecular weight is 251 g/mol. The lowest BCUT2D eigenvalue weighted by Crippen LogP contribution is -2.35. The van der Waals surface area contributed by atoms with Crippen LogP contribution in [0.5, 0.6) is 0 Å². The van der Waals surface area contributed by atoms with Crippen molar-refractivity contribution in [2.24, 2.45) is 0 Å². The largest absolute Gasteiger partial charge is 0.321 e. The van der Waals surface area contributed by atoms with Gasteiger partial charge in [0.1, 0.15) is 11.7 Å². The number of aromatic nitrogens is 1. The summed E-state index contributed by atoms with van der Waals surface area (Å²) < 4.78 is 0. The highest BCUT2D eigenvalue weighted by atomic mass is 16.2. The third-order valence-corrected chi connectivity index (χ3v) is 3.48. The molecule has 1 aromatic heterocycles. The van der Waals surface area contributed by atoms with Crippen LogP contribution in [0.3, 0.4) is 0 Å². The molecule has 3 rings (SSSR count). The minimum Gasteiger partial charge on any atom is -0.321 e. The van der Waals surface area contributed by atoms with E-state index in [4.69, 9.17) is 5.26 Å². The molecule has 1 atom stereocenters. The van der Waals surface area contributed by atoms with Crippen LogP contribution in [0, 0.1) is 11.3 Å². The van der Waals surface area contributed by atoms with Crippen molar-refractivity contribution in [3.05, 3.63) is 42.1 Å². The van der Waals surface area contributed by atoms with E-state index in [2.05, 4.69) is 11.1 Å². The Morgan fingerprint density at radius 2 is 2.16 bits per heavy atom. The first kappa shape index (κ1) is 11.7. The monoisotopic (exact) mass is 251 g/mol. The van der Waals surface area contributed by atoms with E-state index in [-0.39, 0.29) is 11.9 Å². The quantitative estimate of drug-likeness (QED) is 0.781. The van der Waals surface area contributed by atoms with Crippen molar-refractivity contribution >= 4 is 16.8 Å². The summed E-state index contributed by atoms with van der Waals surface area (Å²) in [6.45, 7) is 0.644. The van der Waals surface area contributed by atoms with Crippen molar-refractivity contribution in [2.75, 3.05) is 6.54 Å². The van der Waals surface area contributed by atoms with Crippen LogP contribution in [-0.4, -0.2) is 28.4 Å². The minimum atomic E-state index is -0.305. The zero-order valence-corrected chi connectivity index (χ0v) is 10.4. The van der Waals surface area contributed by atoms with E-state index in [0.29, 0.717) is 12.2 Å². The fraction of sp³-hybridized carbons (Fsp3) is 0.267. The fourth-order valence-electron chi connectivity index (χ4n) is 2.48. The zero-order chi connectivity index (χ0) is 13.2. The summed E-state index contributed by atoms with van der Waals surface area (Å²) in [6.07, 6.45) is 1.65. The molecule has 1 amide bonds. The molecule has 0 N–H and O–H groups in total. The number of amides is 1. The summed E-state index contributed by atoms with van der Waals surface area (Å²) in [7, 11) is 0. The number of fused-ring (bicyclic) bond motifs is 1. The number of carbonyl (C=O) groups is 1. The molecule has 1 saturated heterocycles. The molecule has 1 aliphatic rings. The summed E-state index contributed by atoms with van der Waals surface area (Å²) in [5.41, 5.74) is 1.22. The molecule has 0 aliphatic carbocycles. The molecule has 0 radical (unpaired) electrons. The van der Waals surface area contributed by atoms with Gasteiger partial charge in [-0.05, 0) is 25.0 Å². The van der Waals surface area contributed by atoms with Crippen molar-refractivity contribution < 1.29 is 4.79 Å². The Labute approximate surface area is 111 Å². The van der Waals surface area contributed by atoms with Gasteiger partial charge in [0.05, 0.1) is 11.6 Å². The number of para-hydroxylation sites is 1. The SMILES string of the molecule is N#CC1CCCN1C(=O)c1ccc2ccccc2n1. The predicted molar refractivity (Wildman–Crippen MR) is 71.4 cm³/mol. The van der Waals surface area contributed by atoms with E-state index in [1.54, 1.807) is 11.0 Å². The molecule has 1 fully saturated rings. The lowest BCUT2D eigenvalue weighted by Gasteiger charge is -2.18. The first-order chi connectivity index (χ1) is 9.29. The molecule has 0 saturated carbocycles. The Bertz CT molecular complexity index is 674. The van der Waals surface area contributed by atoms with Crippen molar-refractivity contribution in [2.45, 2.75) is 18.9 Å². The molecule has 0 spiro atoms. The van der Waals surface area contributed by atoms with Gasteiger partial charge in [-0.25, -0.2) is 4.98 Å². The predicted octanol–water partition coefficient (Wildman–Crippen LogP) is 2.36. The van der Waals surface area contributed by atoms with Crippen LogP contribution >= 0.6 is 0 Å². The van der Waals surface area contributed by atoms with Gasteiger partial charge in [0, 0.05) is 11.9 Å². The van der Waals surface area contributed by atoms with Gasteiger partial charge < -0.3 is 4.90 Å². The van der Waals surface area contributed by atoms with E-state index >= 15 is 0 Å². The van der Waals surface area contributed by atoms with E-state index < -0.39 is 0 Å². The number of nitriles is 1. The van der Waals surface area contributed by atoms with Gasteiger partial charge in [0.2, 0.25) is 0 Å². The van der Waals surface area contributed by atoms with Gasteiger partial charge >= 0.3 is 0 Å². The van der Waals surface area contributed by atoms with Gasteiger partial charge in [0.25, 0.3) is 5.91 Å². The molecular weight excluding hydrogens is 238 g/mol. The maximum absolute atomic E-state index is 12.4. The maximum Gasteiger partial charge on any atom is 0.273 e. The minimum absolute atomic E-state index is 0.144. The highest BCUT2D eigenvalue weighted by molar-refractivity contribution is 5.95. The van der Waals surface area contributed by atoms with Crippen molar-refractivity contribution in [3.8, 4) is 6.07 Å². The molecule has 2 heterocycles. The van der Waals surface area contributed by atoms with E-state index in [1.807, 2.05) is 30.3 Å². The Balaban J connectivity index is 1.96. The molecule has 2 aromatic rings. The van der Waals surface area contributed by atoms with Crippen molar-refractivity contribution in [1.82, 2.24) is 9.88 Å². The van der Waals surface area contributed by atoms with Gasteiger partial charge in [-0.15, -0.1) is 0 Å². The average Bonchev–Trinajstić information content (AvgIpc) is 2.94. The van der Waals surface area contributed by atoms with E-state index in [9.17, 15) is 4.79 Å². The standard InChI is InChI=1S/C15H13N3O/c16-10-12-5-3-9-18(12)15(19)14-8-7-11-4-1-2-6-13(11)17-14/h1-2,4,6-8,12H,3,5,9H2. The number of hydrogen-bond acceptors (Lipinski definition) is 3. The number of rotatable bonds is 1. The van der Waals surface area contributed by atoms with E-state index in [0.717, 1.165) is 23.7 Å². The molecular formula is C15H13N3O. The molecule has 1 aliphatic heterocycles. The van der Waals surface area contributed by atoms with Crippen molar-refractivity contribution in [3.63, 3.8) is 0 Å². The molecule has 1 unspecified atom stereocenters. The third-order valence-electron chi connectivity index (χ3n) is 3.48. The summed E-state index contributed by atoms with van der Waals surface area (Å²) in [6, 6.07) is 13.2. The maximum atomic E-state index is 12.4. The molecule has 19 heavy (non-hydrogen) atoms. The molecule has 4 nitrogen and oxygen atoms in total. The second kappa shape index (κ2) is 4.69. The number of nitrogens with zero attached hydrogens (tertiary/aromatic N) is 3. The van der Waals surface area contributed by atoms with Crippen LogP contribution in [0.1, 0.15) is 23.3 Å². The molecule has 0 bridgehead atoms. The Morgan fingerprint density at radius 1 is 1.32 bits per heavy atom. The number of hydrogen-bond donors (Lipinski definition) is 0. The summed E-state index contributed by atoms with van der Waals surface area (Å²) in [4.78, 5) is 18.4. The first-order valence-corrected chi connectivity index (χ1v) is 6.36. The van der Waals surface area contributed by atoms with Crippen LogP contribution < -0.4 is 0 Å². The second-order valence-electron chi connectivity index (χ2n) is 4.67. The highest BCUT2D eigenvalue weighted by Crippen LogP contribution is 2.20. The second-order valence-corrected chi connectivity index (χ2v) is 4.67. The summed E-state index contributed by atoms with van der Waals surface area (Å²) >= 11 is 0. The third kappa shape index (κ3) is 2.04. The first-order valence-electron chi connectivity index (χ1n) is 6.36. The lowest BCUT2D eigenvalue weighted by atomic mass is 10.2. The van der Waals surface area contributed by atoms with Crippen molar-refractivity contribution in [1.29, 1.82) is 5.26 Å². The lowest BCUT2D eigenvalue weighted by molar-refractivity contribution is 0.0759. The molecule has 94 valence electrons. The highest BCUT2D eigenvalue weighted by Gasteiger charge is 2.29. The van der Waals surface area contributed by atoms with Crippen LogP contribution in [0.25, 0.3) is 10.9 Å². The van der Waals surface area contributed by atoms with Gasteiger partial charge in [-0.2, -0.15) is 5.26 Å². The van der Waals surface area contributed by atoms with E-state index in [1.165, 1.54) is 0 Å². The zero-order valence-electron chi connectivity index (χ0n) is 10.4. The fourth-order valence-corrected chi connectivity index (χ4v) is 2.48. The Kier molecular flexibility index (Phi) is 2.88. The van der Waals surface area contributed by atoms with Gasteiger partial charge in [0.15, 0.2) is 0 Å². The van der Waals surface area contributed by atoms with Gasteiger partial charge in [-0.1, -0.05) is 24.3 Å². The van der Waals surface area contributed by atoms with Crippen LogP contribution in [0.4, 0.5) is 0 Å². The van der Waals surface area contributed by atoms with Crippen LogP contribution in [0.15, 0.2) is 36.4 Å². The van der Waals surface area contributed by atoms with Crippen LogP contribution in [-0.2, 0) is 0 Å². The van der Waals surface area contributed by atoms with Crippen LogP contribution in [0.2, 0.25) is 0 Å². The number of benzene rings is 1. The Morgan fingerprint density at radius 3 is 3.00 bits per heavy atom. The smallest absolute Gasteiger partial charge is 0.273 e. The topological polar surface area (TPSA) is 57.0 Å². The Hall–Kier alpha value is -2.41. The number of pyridine rings is 1. The molecule has 4 heteroatoms. The number of carbonyl (C=O) groups excluding carboxylic acids is 1. The summed E-state index contributed by atoms with van der Waals surface area (Å²) in [5.74, 6) is -0.144. The number of likely N-dealkylation sites (tertiary alicyclic amines) is 1. The normalized spacial score (nSPS) is 18.5.